The van der Waals surface area contributed by atoms with Gasteiger partial charge in [0, 0.05) is 6.54 Å². The number of para-hydroxylation sites is 1. The molecule has 3 heteroatoms. The maximum Gasteiger partial charge on any atom is 0.127 e. The van der Waals surface area contributed by atoms with Crippen LogP contribution in [0.1, 0.15) is 11.3 Å². The minimum atomic E-state index is 0.719. The van der Waals surface area contributed by atoms with Gasteiger partial charge in [0.05, 0.1) is 12.8 Å². The molecule has 0 saturated carbocycles. The van der Waals surface area contributed by atoms with Crippen LogP contribution in [0.25, 0.3) is 0 Å². The van der Waals surface area contributed by atoms with Crippen molar-refractivity contribution in [1.82, 2.24) is 5.32 Å². The average molecular weight is 279 g/mol. The quantitative estimate of drug-likeness (QED) is 0.728. The first-order chi connectivity index (χ1) is 10.4. The summed E-state index contributed by atoms with van der Waals surface area (Å²) in [6.45, 7) is 1.49. The summed E-state index contributed by atoms with van der Waals surface area (Å²) in [4.78, 5) is 0. The molecule has 0 aliphatic rings. The van der Waals surface area contributed by atoms with Gasteiger partial charge in [-0.1, -0.05) is 30.3 Å². The van der Waals surface area contributed by atoms with Crippen molar-refractivity contribution in [3.63, 3.8) is 0 Å². The Bertz CT molecular complexity index is 663. The Morgan fingerprint density at radius 3 is 2.48 bits per heavy atom. The topological polar surface area (TPSA) is 34.4 Å². The van der Waals surface area contributed by atoms with Gasteiger partial charge in [0.25, 0.3) is 0 Å². The van der Waals surface area contributed by atoms with Gasteiger partial charge in [-0.05, 0) is 42.0 Å². The maximum absolute atomic E-state index is 5.82. The zero-order valence-corrected chi connectivity index (χ0v) is 11.7. The Kier molecular flexibility index (Phi) is 4.34. The van der Waals surface area contributed by atoms with Crippen LogP contribution >= 0.6 is 0 Å². The van der Waals surface area contributed by atoms with Crippen molar-refractivity contribution in [3.8, 4) is 11.5 Å². The molecule has 0 unspecified atom stereocenters. The van der Waals surface area contributed by atoms with Gasteiger partial charge >= 0.3 is 0 Å². The average Bonchev–Trinajstić information content (AvgIpc) is 3.02. The molecule has 0 saturated heterocycles. The van der Waals surface area contributed by atoms with Crippen molar-refractivity contribution in [3.05, 3.63) is 84.3 Å². The van der Waals surface area contributed by atoms with E-state index in [9.17, 15) is 0 Å². The van der Waals surface area contributed by atoms with Crippen LogP contribution in [0.4, 0.5) is 0 Å². The number of rotatable bonds is 6. The molecule has 3 aromatic rings. The van der Waals surface area contributed by atoms with Crippen LogP contribution < -0.4 is 10.1 Å². The zero-order valence-electron chi connectivity index (χ0n) is 11.7. The van der Waals surface area contributed by atoms with Gasteiger partial charge in [0.2, 0.25) is 0 Å². The molecule has 106 valence electrons. The van der Waals surface area contributed by atoms with E-state index in [1.807, 2.05) is 60.7 Å². The lowest BCUT2D eigenvalue weighted by molar-refractivity contribution is 0.477. The van der Waals surface area contributed by atoms with E-state index < -0.39 is 0 Å². The summed E-state index contributed by atoms with van der Waals surface area (Å²) in [6, 6.07) is 21.7. The number of hydrogen-bond acceptors (Lipinski definition) is 3. The lowest BCUT2D eigenvalue weighted by Gasteiger charge is -2.08. The third-order valence-corrected chi connectivity index (χ3v) is 3.09. The van der Waals surface area contributed by atoms with Gasteiger partial charge in [-0.2, -0.15) is 0 Å². The van der Waals surface area contributed by atoms with E-state index in [4.69, 9.17) is 9.15 Å². The summed E-state index contributed by atoms with van der Waals surface area (Å²) < 4.78 is 11.1. The van der Waals surface area contributed by atoms with E-state index in [1.54, 1.807) is 6.26 Å². The van der Waals surface area contributed by atoms with Gasteiger partial charge < -0.3 is 14.5 Å². The fourth-order valence-corrected chi connectivity index (χ4v) is 2.09. The Morgan fingerprint density at radius 2 is 1.67 bits per heavy atom. The molecular formula is C18H17NO2. The fraction of sp³-hybridized carbons (Fsp3) is 0.111. The zero-order chi connectivity index (χ0) is 14.3. The Labute approximate surface area is 124 Å². The van der Waals surface area contributed by atoms with Crippen LogP contribution in [0.5, 0.6) is 11.5 Å². The molecule has 3 rings (SSSR count). The molecule has 0 atom stereocenters. The first kappa shape index (κ1) is 13.5. The maximum atomic E-state index is 5.82. The molecule has 0 fully saturated rings. The molecule has 0 radical (unpaired) electrons. The molecule has 0 spiro atoms. The van der Waals surface area contributed by atoms with Crippen molar-refractivity contribution >= 4 is 0 Å². The van der Waals surface area contributed by atoms with Crippen molar-refractivity contribution in [1.29, 1.82) is 0 Å². The molecule has 0 amide bonds. The van der Waals surface area contributed by atoms with Crippen molar-refractivity contribution < 1.29 is 9.15 Å². The van der Waals surface area contributed by atoms with Gasteiger partial charge in [-0.15, -0.1) is 0 Å². The van der Waals surface area contributed by atoms with Crippen LogP contribution in [0.2, 0.25) is 0 Å². The summed E-state index contributed by atoms with van der Waals surface area (Å²) in [5.74, 6) is 2.63. The summed E-state index contributed by atoms with van der Waals surface area (Å²) in [5.41, 5.74) is 1.18. The standard InChI is InChI=1S/C18H17NO2/c1-2-7-16(8-3-1)21-17-9-4-6-15(12-17)13-19-14-18-10-5-11-20-18/h1-12,19H,13-14H2. The summed E-state index contributed by atoms with van der Waals surface area (Å²) in [6.07, 6.45) is 1.69. The second-order valence-corrected chi connectivity index (χ2v) is 4.75. The van der Waals surface area contributed by atoms with Crippen molar-refractivity contribution in [2.24, 2.45) is 0 Å². The van der Waals surface area contributed by atoms with E-state index in [0.29, 0.717) is 0 Å². The summed E-state index contributed by atoms with van der Waals surface area (Å²) >= 11 is 0. The number of hydrogen-bond donors (Lipinski definition) is 1. The molecule has 1 heterocycles. The number of benzene rings is 2. The molecule has 2 aromatic carbocycles. The van der Waals surface area contributed by atoms with Crippen molar-refractivity contribution in [2.45, 2.75) is 13.1 Å². The second-order valence-electron chi connectivity index (χ2n) is 4.75. The van der Waals surface area contributed by atoms with Crippen LogP contribution in [0, 0.1) is 0 Å². The SMILES string of the molecule is c1ccc(Oc2cccc(CNCc3ccco3)c2)cc1. The van der Waals surface area contributed by atoms with E-state index in [1.165, 1.54) is 5.56 Å². The predicted molar refractivity (Wildman–Crippen MR) is 82.2 cm³/mol. The van der Waals surface area contributed by atoms with E-state index >= 15 is 0 Å². The molecule has 3 nitrogen and oxygen atoms in total. The molecule has 0 bridgehead atoms. The number of ether oxygens (including phenoxy) is 1. The van der Waals surface area contributed by atoms with Gasteiger partial charge in [-0.3, -0.25) is 0 Å². The third kappa shape index (κ3) is 3.97. The van der Waals surface area contributed by atoms with E-state index in [2.05, 4.69) is 11.4 Å². The Hall–Kier alpha value is -2.52. The van der Waals surface area contributed by atoms with Gasteiger partial charge in [0.15, 0.2) is 0 Å². The minimum Gasteiger partial charge on any atom is -0.468 e. The van der Waals surface area contributed by atoms with E-state index in [0.717, 1.165) is 30.3 Å². The van der Waals surface area contributed by atoms with Crippen LogP contribution in [0.15, 0.2) is 77.4 Å². The first-order valence-corrected chi connectivity index (χ1v) is 6.95. The number of nitrogens with one attached hydrogen (secondary N) is 1. The molecule has 0 aliphatic heterocycles. The molecule has 1 aromatic heterocycles. The molecule has 1 N–H and O–H groups in total. The normalized spacial score (nSPS) is 10.5. The highest BCUT2D eigenvalue weighted by Gasteiger charge is 2.00. The van der Waals surface area contributed by atoms with Crippen LogP contribution in [-0.4, -0.2) is 0 Å². The molecule has 21 heavy (non-hydrogen) atoms. The Balaban J connectivity index is 1.58. The Morgan fingerprint density at radius 1 is 0.810 bits per heavy atom. The predicted octanol–water partition coefficient (Wildman–Crippen LogP) is 4.36. The highest BCUT2D eigenvalue weighted by atomic mass is 16.5. The highest BCUT2D eigenvalue weighted by Crippen LogP contribution is 2.21. The van der Waals surface area contributed by atoms with Gasteiger partial charge in [-0.25, -0.2) is 0 Å². The first-order valence-electron chi connectivity index (χ1n) is 6.95. The minimum absolute atomic E-state index is 0.719. The van der Waals surface area contributed by atoms with Crippen LogP contribution in [-0.2, 0) is 13.1 Å². The molecule has 0 aliphatic carbocycles. The highest BCUT2D eigenvalue weighted by molar-refractivity contribution is 5.33. The fourth-order valence-electron chi connectivity index (χ4n) is 2.09. The lowest BCUT2D eigenvalue weighted by atomic mass is 10.2. The van der Waals surface area contributed by atoms with Crippen molar-refractivity contribution in [2.75, 3.05) is 0 Å². The number of furan rings is 1. The van der Waals surface area contributed by atoms with E-state index in [-0.39, 0.29) is 0 Å². The van der Waals surface area contributed by atoms with Gasteiger partial charge in [0.1, 0.15) is 17.3 Å². The lowest BCUT2D eigenvalue weighted by Crippen LogP contribution is -2.12. The smallest absolute Gasteiger partial charge is 0.127 e. The third-order valence-electron chi connectivity index (χ3n) is 3.09. The molecular weight excluding hydrogens is 262 g/mol. The van der Waals surface area contributed by atoms with Crippen LogP contribution in [0.3, 0.4) is 0 Å². The largest absolute Gasteiger partial charge is 0.468 e. The monoisotopic (exact) mass is 279 g/mol. The second kappa shape index (κ2) is 6.77. The summed E-state index contributed by atoms with van der Waals surface area (Å²) in [5, 5.41) is 3.35. The summed E-state index contributed by atoms with van der Waals surface area (Å²) in [7, 11) is 0.